The molecule has 0 radical (unpaired) electrons. The van der Waals surface area contributed by atoms with E-state index < -0.39 is 54.2 Å². The summed E-state index contributed by atoms with van der Waals surface area (Å²) in [5, 5.41) is 37.9. The molecule has 8 rings (SSSR count). The fourth-order valence-electron chi connectivity index (χ4n) is 9.36. The van der Waals surface area contributed by atoms with Gasteiger partial charge in [0.15, 0.2) is 0 Å². The third-order valence-corrected chi connectivity index (χ3v) is 21.6. The maximum absolute atomic E-state index is 13.3. The third-order valence-electron chi connectivity index (χ3n) is 14.0. The van der Waals surface area contributed by atoms with Crippen LogP contribution in [0.5, 0.6) is 17.2 Å². The number of carboxylic acids is 1. The molecule has 0 heterocycles. The molecule has 0 saturated heterocycles. The van der Waals surface area contributed by atoms with E-state index in [4.69, 9.17) is 59.3 Å². The number of carbonyl (C=O) groups excluding carboxylic acids is 2. The number of sulfonamides is 3. The number of benzene rings is 3. The molecule has 0 aromatic heterocycles. The second kappa shape index (κ2) is 42.2. The van der Waals surface area contributed by atoms with Crippen LogP contribution >= 0.6 is 31.9 Å². The number of esters is 2. The average molecular weight is 1550 g/mol. The van der Waals surface area contributed by atoms with Gasteiger partial charge in [-0.15, -0.1) is 0 Å². The lowest BCUT2D eigenvalue weighted by atomic mass is 10.1. The van der Waals surface area contributed by atoms with Gasteiger partial charge < -0.3 is 64.6 Å². The summed E-state index contributed by atoms with van der Waals surface area (Å²) >= 11 is 5.99. The van der Waals surface area contributed by atoms with Gasteiger partial charge in [-0.2, -0.15) is 12.9 Å². The molecule has 25 nitrogen and oxygen atoms in total. The molecule has 5 aliphatic rings. The van der Waals surface area contributed by atoms with Crippen LogP contribution in [0.4, 0.5) is 0 Å². The number of aliphatic hydroxyl groups is 3. The van der Waals surface area contributed by atoms with Gasteiger partial charge in [0.25, 0.3) is 0 Å². The fourth-order valence-corrected chi connectivity index (χ4v) is 15.7. The van der Waals surface area contributed by atoms with E-state index in [0.29, 0.717) is 71.8 Å². The van der Waals surface area contributed by atoms with E-state index in [1.807, 2.05) is 20.8 Å². The number of hydrogen-bond donors (Lipinski definition) is 6. The molecule has 5 saturated carbocycles. The molecule has 5 fully saturated rings. The topological polar surface area (TPSA) is 347 Å². The van der Waals surface area contributed by atoms with Crippen LogP contribution in [0.2, 0.25) is 0 Å². The highest BCUT2D eigenvalue weighted by Crippen LogP contribution is 2.38. The maximum atomic E-state index is 13.3. The van der Waals surface area contributed by atoms with Crippen molar-refractivity contribution in [2.75, 3.05) is 104 Å². The Labute approximate surface area is 588 Å². The molecule has 0 atom stereocenters. The first-order chi connectivity index (χ1) is 44.8. The Hall–Kier alpha value is -4.12. The van der Waals surface area contributed by atoms with Crippen molar-refractivity contribution in [1.29, 1.82) is 0 Å². The van der Waals surface area contributed by atoms with E-state index in [0.717, 1.165) is 51.1 Å². The molecule has 0 bridgehead atoms. The van der Waals surface area contributed by atoms with Crippen LogP contribution in [-0.4, -0.2) is 222 Å². The van der Waals surface area contributed by atoms with Gasteiger partial charge in [0.1, 0.15) is 47.0 Å². The maximum Gasteiger partial charge on any atom is 0.332 e. The number of halogens is 2. The van der Waals surface area contributed by atoms with Gasteiger partial charge in [-0.3, -0.25) is 4.79 Å². The first-order valence-corrected chi connectivity index (χ1v) is 38.7. The molecule has 3 aromatic carbocycles. The van der Waals surface area contributed by atoms with E-state index in [-0.39, 0.29) is 99.2 Å². The normalized spacial score (nSPS) is 15.2. The van der Waals surface area contributed by atoms with Gasteiger partial charge in [-0.1, -0.05) is 31.9 Å². The number of aryl methyl sites for hydroxylation is 6. The predicted molar refractivity (Wildman–Crippen MR) is 376 cm³/mol. The number of aliphatic hydroxyl groups excluding tert-OH is 3. The van der Waals surface area contributed by atoms with Gasteiger partial charge in [0, 0.05) is 61.7 Å². The highest BCUT2D eigenvalue weighted by molar-refractivity contribution is 9.09. The molecule has 550 valence electrons. The zero-order chi connectivity index (χ0) is 72.9. The minimum atomic E-state index is -3.67. The van der Waals surface area contributed by atoms with Crippen LogP contribution in [0.15, 0.2) is 51.1 Å². The van der Waals surface area contributed by atoms with Gasteiger partial charge >= 0.3 is 17.9 Å². The zero-order valence-electron chi connectivity index (χ0n) is 58.8. The minimum Gasteiger partial charge on any atom is -0.497 e. The SMILES string of the molecule is CC(C)(C)OC(=O)CBr.COc1cc(C)c(S(=O)(=O)N(CCO)C2CC2)c(C)c1.COc1cc(C)c(S(=O)(=O)N(CCOCC(=O)O)C2CC2)c(C)c1.COc1cc(C)c(S(=O)(=O)N(CCOCC(=O)OC(C)(C)C)C2CC2)c(C)c1.NC1CC1.OCCBr.OCCNC1CC1. The number of carboxylic acid groups (broad SMARTS) is 1. The summed E-state index contributed by atoms with van der Waals surface area (Å²) in [6.45, 7) is 22.6. The standard InChI is InChI=1S/C20H31NO6S.C16H23NO6S.C14H21NO4S.C6H11BrO2.C5H11NO.C3H7N.C2H5BrO/c1-14-11-17(25-6)12-15(2)19(14)28(23,24)21(16-7-8-16)9-10-26-13-18(22)27-20(3,4)5;1-11-8-14(22-3)9-12(2)16(11)24(20,21)17(13-4-5-13)6-7-23-10-15(18)19;1-10-8-13(19-3)9-11(2)14(10)20(17,18)15(6-7-16)12-4-5-12;1-6(2,3)9-5(8)4-7;7-4-3-6-5-1-2-5;4-3-1-2-3;3-1-2-4/h11-12,16H,7-10,13H2,1-6H3;8-9,13H,4-7,10H2,1-3H3,(H,18,19);8-9,12,16H,4-7H2,1-3H3;4H2,1-3H3;5-7H,1-4H2;3H,1-2,4H2;4H,1-2H2. The molecule has 0 spiro atoms. The number of nitrogens with one attached hydrogen (secondary N) is 1. The van der Waals surface area contributed by atoms with Gasteiger partial charge in [-0.05, 0) is 217 Å². The van der Waals surface area contributed by atoms with E-state index in [2.05, 4.69) is 37.2 Å². The summed E-state index contributed by atoms with van der Waals surface area (Å²) in [5.41, 5.74) is 8.19. The lowest BCUT2D eigenvalue weighted by molar-refractivity contribution is -0.160. The van der Waals surface area contributed by atoms with Crippen LogP contribution in [-0.2, 0) is 63.4 Å². The lowest BCUT2D eigenvalue weighted by Gasteiger charge is -2.24. The van der Waals surface area contributed by atoms with Crippen molar-refractivity contribution in [2.45, 2.75) is 203 Å². The van der Waals surface area contributed by atoms with Gasteiger partial charge in [-0.25, -0.2) is 34.8 Å². The highest BCUT2D eigenvalue weighted by Gasteiger charge is 2.42. The van der Waals surface area contributed by atoms with Crippen LogP contribution in [0, 0.1) is 41.5 Å². The van der Waals surface area contributed by atoms with E-state index in [9.17, 15) is 39.6 Å². The molecule has 30 heteroatoms. The van der Waals surface area contributed by atoms with Crippen molar-refractivity contribution >= 4 is 79.8 Å². The molecular weight excluding hydrogens is 1440 g/mol. The molecule has 0 unspecified atom stereocenters. The number of aliphatic carboxylic acids is 1. The summed E-state index contributed by atoms with van der Waals surface area (Å²) in [6.07, 6.45) is 10.2. The predicted octanol–water partition coefficient (Wildman–Crippen LogP) is 7.78. The molecule has 96 heavy (non-hydrogen) atoms. The third kappa shape index (κ3) is 32.9. The first kappa shape index (κ1) is 88.0. The number of alkyl halides is 2. The van der Waals surface area contributed by atoms with Crippen molar-refractivity contribution in [3.63, 3.8) is 0 Å². The average Bonchev–Trinajstić information content (AvgIpc) is 1.41. The van der Waals surface area contributed by atoms with Gasteiger partial charge in [0.2, 0.25) is 30.1 Å². The second-order valence-electron chi connectivity index (χ2n) is 25.5. The molecule has 0 amide bonds. The number of rotatable bonds is 29. The summed E-state index contributed by atoms with van der Waals surface area (Å²) in [4.78, 5) is 33.7. The molecule has 0 aliphatic heterocycles. The number of carbonyl (C=O) groups is 3. The highest BCUT2D eigenvalue weighted by atomic mass is 79.9. The Morgan fingerprint density at radius 1 is 0.510 bits per heavy atom. The Kier molecular flexibility index (Phi) is 38.7. The molecule has 3 aromatic rings. The summed E-state index contributed by atoms with van der Waals surface area (Å²) in [7, 11) is -6.26. The molecular formula is C66H109Br2N5O20S3. The lowest BCUT2D eigenvalue weighted by Crippen LogP contribution is -2.37. The summed E-state index contributed by atoms with van der Waals surface area (Å²) < 4.78 is 119. The Morgan fingerprint density at radius 2 is 0.812 bits per heavy atom. The van der Waals surface area contributed by atoms with Crippen LogP contribution in [0.1, 0.15) is 139 Å². The number of hydrogen-bond acceptors (Lipinski definition) is 21. The number of ether oxygens (including phenoxy) is 7. The monoisotopic (exact) mass is 1550 g/mol. The molecule has 5 aliphatic carbocycles. The smallest absolute Gasteiger partial charge is 0.332 e. The minimum absolute atomic E-state index is 0.0176. The van der Waals surface area contributed by atoms with Gasteiger partial charge in [0.05, 0.1) is 69.1 Å². The van der Waals surface area contributed by atoms with Crippen molar-refractivity contribution in [2.24, 2.45) is 5.73 Å². The first-order valence-electron chi connectivity index (χ1n) is 32.1. The fraction of sp³-hybridized carbons (Fsp3) is 0.682. The summed E-state index contributed by atoms with van der Waals surface area (Å²) in [5.74, 6) is 0.147. The largest absolute Gasteiger partial charge is 0.497 e. The van der Waals surface area contributed by atoms with E-state index >= 15 is 0 Å². The summed E-state index contributed by atoms with van der Waals surface area (Å²) in [6, 6.07) is 11.6. The Morgan fingerprint density at radius 3 is 1.03 bits per heavy atom. The van der Waals surface area contributed by atoms with Crippen molar-refractivity contribution in [3.8, 4) is 17.2 Å². The quantitative estimate of drug-likeness (QED) is 0.0219. The number of methoxy groups -OCH3 is 3. The zero-order valence-corrected chi connectivity index (χ0v) is 64.5. The Bertz CT molecular complexity index is 3170. The number of nitrogens with two attached hydrogens (primary N) is 1. The van der Waals surface area contributed by atoms with Crippen molar-refractivity contribution in [3.05, 3.63) is 69.8 Å². The van der Waals surface area contributed by atoms with Crippen LogP contribution < -0.4 is 25.3 Å². The molecule has 7 N–H and O–H groups in total. The van der Waals surface area contributed by atoms with Crippen LogP contribution in [0.25, 0.3) is 0 Å². The number of nitrogens with zero attached hydrogens (tertiary/aromatic N) is 3. The van der Waals surface area contributed by atoms with Crippen LogP contribution in [0.3, 0.4) is 0 Å². The van der Waals surface area contributed by atoms with Crippen molar-refractivity contribution in [1.82, 2.24) is 18.2 Å². The Balaban J connectivity index is 0.000000419. The second-order valence-corrected chi connectivity index (χ2v) is 32.4. The van der Waals surface area contributed by atoms with E-state index in [1.165, 1.54) is 38.6 Å². The van der Waals surface area contributed by atoms with E-state index in [1.54, 1.807) is 120 Å². The van der Waals surface area contributed by atoms with Crippen molar-refractivity contribution < 1.29 is 93.2 Å².